The quantitative estimate of drug-likeness (QED) is 0.881. The van der Waals surface area contributed by atoms with E-state index in [2.05, 4.69) is 10.6 Å². The molecule has 0 atom stereocenters. The van der Waals surface area contributed by atoms with Crippen LogP contribution in [0.3, 0.4) is 0 Å². The highest BCUT2D eigenvalue weighted by Gasteiger charge is 2.04. The van der Waals surface area contributed by atoms with E-state index in [4.69, 9.17) is 4.74 Å². The number of benzene rings is 2. The second-order valence-electron chi connectivity index (χ2n) is 4.35. The minimum Gasteiger partial charge on any atom is -0.494 e. The van der Waals surface area contributed by atoms with E-state index in [1.807, 2.05) is 62.4 Å². The first-order chi connectivity index (χ1) is 9.69. The van der Waals surface area contributed by atoms with Gasteiger partial charge in [-0.3, -0.25) is 0 Å². The Bertz CT molecular complexity index is 579. The molecule has 2 amide bonds. The predicted octanol–water partition coefficient (Wildman–Crippen LogP) is 4.04. The van der Waals surface area contributed by atoms with Gasteiger partial charge in [-0.2, -0.15) is 0 Å². The second-order valence-corrected chi connectivity index (χ2v) is 4.35. The van der Waals surface area contributed by atoms with Crippen molar-refractivity contribution in [1.29, 1.82) is 0 Å². The number of carbonyl (C=O) groups excluding carboxylic acids is 1. The van der Waals surface area contributed by atoms with Crippen molar-refractivity contribution in [1.82, 2.24) is 0 Å². The minimum atomic E-state index is -0.261. The monoisotopic (exact) mass is 270 g/mol. The largest absolute Gasteiger partial charge is 0.494 e. The van der Waals surface area contributed by atoms with Gasteiger partial charge in [-0.25, -0.2) is 4.79 Å². The maximum Gasteiger partial charge on any atom is 0.323 e. The molecule has 0 bridgehead atoms. The highest BCUT2D eigenvalue weighted by molar-refractivity contribution is 6.00. The minimum absolute atomic E-state index is 0.261. The summed E-state index contributed by atoms with van der Waals surface area (Å²) in [5.41, 5.74) is 2.55. The van der Waals surface area contributed by atoms with Gasteiger partial charge in [0.25, 0.3) is 0 Å². The molecule has 0 fully saturated rings. The first-order valence-corrected chi connectivity index (χ1v) is 6.55. The highest BCUT2D eigenvalue weighted by Crippen LogP contribution is 2.17. The van der Waals surface area contributed by atoms with Crippen molar-refractivity contribution in [2.24, 2.45) is 0 Å². The lowest BCUT2D eigenvalue weighted by Crippen LogP contribution is -2.19. The molecule has 104 valence electrons. The van der Waals surface area contributed by atoms with Crippen LogP contribution in [0.1, 0.15) is 12.5 Å². The van der Waals surface area contributed by atoms with E-state index in [0.29, 0.717) is 6.61 Å². The predicted molar refractivity (Wildman–Crippen MR) is 81.4 cm³/mol. The van der Waals surface area contributed by atoms with Gasteiger partial charge < -0.3 is 15.4 Å². The van der Waals surface area contributed by atoms with Crippen LogP contribution in [-0.2, 0) is 0 Å². The summed E-state index contributed by atoms with van der Waals surface area (Å²) in [7, 11) is 0. The molecule has 4 nitrogen and oxygen atoms in total. The van der Waals surface area contributed by atoms with Crippen LogP contribution in [0, 0.1) is 6.92 Å². The van der Waals surface area contributed by atoms with Gasteiger partial charge in [0.1, 0.15) is 5.75 Å². The Hall–Kier alpha value is -2.49. The summed E-state index contributed by atoms with van der Waals surface area (Å²) in [6.45, 7) is 4.51. The topological polar surface area (TPSA) is 50.4 Å². The van der Waals surface area contributed by atoms with Gasteiger partial charge in [-0.15, -0.1) is 0 Å². The molecule has 4 heteroatoms. The van der Waals surface area contributed by atoms with Gasteiger partial charge >= 0.3 is 6.03 Å². The van der Waals surface area contributed by atoms with Crippen LogP contribution < -0.4 is 15.4 Å². The summed E-state index contributed by atoms with van der Waals surface area (Å²) in [6.07, 6.45) is 0. The van der Waals surface area contributed by atoms with E-state index >= 15 is 0 Å². The van der Waals surface area contributed by atoms with Gasteiger partial charge in [0.05, 0.1) is 6.61 Å². The first-order valence-electron chi connectivity index (χ1n) is 6.55. The van der Waals surface area contributed by atoms with E-state index in [-0.39, 0.29) is 6.03 Å². The fourth-order valence-corrected chi connectivity index (χ4v) is 1.80. The van der Waals surface area contributed by atoms with Crippen LogP contribution in [0.2, 0.25) is 0 Å². The molecule has 0 unspecified atom stereocenters. The molecule has 0 heterocycles. The second kappa shape index (κ2) is 6.61. The Balaban J connectivity index is 1.96. The maximum absolute atomic E-state index is 11.9. The molecule has 0 aliphatic carbocycles. The Morgan fingerprint density at radius 3 is 2.40 bits per heavy atom. The lowest BCUT2D eigenvalue weighted by Gasteiger charge is -2.10. The van der Waals surface area contributed by atoms with Crippen LogP contribution in [0.15, 0.2) is 48.5 Å². The third-order valence-corrected chi connectivity index (χ3v) is 2.82. The number of nitrogens with one attached hydrogen (secondary N) is 2. The molecule has 20 heavy (non-hydrogen) atoms. The fraction of sp³-hybridized carbons (Fsp3) is 0.188. The van der Waals surface area contributed by atoms with Crippen molar-refractivity contribution in [3.05, 3.63) is 54.1 Å². The summed E-state index contributed by atoms with van der Waals surface area (Å²) in [4.78, 5) is 11.9. The van der Waals surface area contributed by atoms with E-state index in [1.54, 1.807) is 0 Å². The number of ether oxygens (including phenoxy) is 1. The number of amides is 2. The summed E-state index contributed by atoms with van der Waals surface area (Å²) in [5, 5.41) is 5.60. The van der Waals surface area contributed by atoms with E-state index < -0.39 is 0 Å². The zero-order valence-electron chi connectivity index (χ0n) is 11.6. The number of para-hydroxylation sites is 1. The standard InChI is InChI=1S/C16H18N2O2/c1-3-20-14-10-8-13(9-11-14)17-16(19)18-15-7-5-4-6-12(15)2/h4-11H,3H2,1-2H3,(H2,17,18,19). The number of hydrogen-bond donors (Lipinski definition) is 2. The van der Waals surface area contributed by atoms with Gasteiger partial charge in [0.15, 0.2) is 0 Å². The summed E-state index contributed by atoms with van der Waals surface area (Å²) in [5.74, 6) is 0.789. The van der Waals surface area contributed by atoms with Crippen LogP contribution in [-0.4, -0.2) is 12.6 Å². The average molecular weight is 270 g/mol. The Kier molecular flexibility index (Phi) is 4.60. The van der Waals surface area contributed by atoms with Crippen molar-refractivity contribution in [3.8, 4) is 5.75 Å². The number of carbonyl (C=O) groups is 1. The SMILES string of the molecule is CCOc1ccc(NC(=O)Nc2ccccc2C)cc1. The van der Waals surface area contributed by atoms with Gasteiger partial charge in [-0.1, -0.05) is 18.2 Å². The van der Waals surface area contributed by atoms with Crippen molar-refractivity contribution in [2.75, 3.05) is 17.2 Å². The van der Waals surface area contributed by atoms with Crippen molar-refractivity contribution in [3.63, 3.8) is 0 Å². The lowest BCUT2D eigenvalue weighted by molar-refractivity contribution is 0.262. The van der Waals surface area contributed by atoms with Gasteiger partial charge in [0.2, 0.25) is 0 Å². The van der Waals surface area contributed by atoms with E-state index in [1.165, 1.54) is 0 Å². The van der Waals surface area contributed by atoms with Gasteiger partial charge in [0, 0.05) is 11.4 Å². The average Bonchev–Trinajstić information content (AvgIpc) is 2.44. The van der Waals surface area contributed by atoms with Crippen LogP contribution >= 0.6 is 0 Å². The number of rotatable bonds is 4. The number of hydrogen-bond acceptors (Lipinski definition) is 2. The Morgan fingerprint density at radius 1 is 1.05 bits per heavy atom. The Labute approximate surface area is 118 Å². The van der Waals surface area contributed by atoms with Crippen molar-refractivity contribution >= 4 is 17.4 Å². The van der Waals surface area contributed by atoms with E-state index in [0.717, 1.165) is 22.7 Å². The fourth-order valence-electron chi connectivity index (χ4n) is 1.80. The zero-order chi connectivity index (χ0) is 14.4. The van der Waals surface area contributed by atoms with Crippen molar-refractivity contribution in [2.45, 2.75) is 13.8 Å². The smallest absolute Gasteiger partial charge is 0.323 e. The molecular weight excluding hydrogens is 252 g/mol. The molecule has 0 aliphatic rings. The Morgan fingerprint density at radius 2 is 1.75 bits per heavy atom. The normalized spacial score (nSPS) is 9.90. The van der Waals surface area contributed by atoms with E-state index in [9.17, 15) is 4.79 Å². The number of aryl methyl sites for hydroxylation is 1. The maximum atomic E-state index is 11.9. The lowest BCUT2D eigenvalue weighted by atomic mass is 10.2. The summed E-state index contributed by atoms with van der Waals surface area (Å²) < 4.78 is 5.35. The molecule has 0 spiro atoms. The number of urea groups is 1. The molecule has 2 aromatic rings. The third-order valence-electron chi connectivity index (χ3n) is 2.82. The molecule has 2 N–H and O–H groups in total. The first kappa shape index (κ1) is 13.9. The molecule has 0 radical (unpaired) electrons. The van der Waals surface area contributed by atoms with Crippen molar-refractivity contribution < 1.29 is 9.53 Å². The molecule has 0 aliphatic heterocycles. The molecule has 0 saturated carbocycles. The summed E-state index contributed by atoms with van der Waals surface area (Å²) in [6, 6.07) is 14.7. The third kappa shape index (κ3) is 3.75. The van der Waals surface area contributed by atoms with Gasteiger partial charge in [-0.05, 0) is 49.7 Å². The number of anilines is 2. The van der Waals surface area contributed by atoms with Crippen LogP contribution in [0.5, 0.6) is 5.75 Å². The molecule has 0 saturated heterocycles. The highest BCUT2D eigenvalue weighted by atomic mass is 16.5. The molecule has 2 aromatic carbocycles. The molecule has 0 aromatic heterocycles. The van der Waals surface area contributed by atoms with Crippen LogP contribution in [0.4, 0.5) is 16.2 Å². The zero-order valence-corrected chi connectivity index (χ0v) is 11.6. The summed E-state index contributed by atoms with van der Waals surface area (Å²) >= 11 is 0. The molecular formula is C16H18N2O2. The van der Waals surface area contributed by atoms with Crippen LogP contribution in [0.25, 0.3) is 0 Å². The molecule has 2 rings (SSSR count).